The van der Waals surface area contributed by atoms with Gasteiger partial charge in [0.25, 0.3) is 5.24 Å². The van der Waals surface area contributed by atoms with E-state index >= 15 is 0 Å². The van der Waals surface area contributed by atoms with Crippen LogP contribution in [0.1, 0.15) is 55.7 Å². The van der Waals surface area contributed by atoms with Crippen molar-refractivity contribution in [3.8, 4) is 0 Å². The maximum atomic E-state index is 12.2. The molecule has 4 aliphatic rings. The monoisotopic (exact) mass is 382 g/mol. The SMILES string of the molecule is CSC(=O)NC12CC3CC(C1)CC(c1n[nH]c(Cc4ccccc4)n1)(C3)C2. The van der Waals surface area contributed by atoms with E-state index in [-0.39, 0.29) is 16.2 Å². The number of carbonyl (C=O) groups is 1. The molecule has 6 heteroatoms. The van der Waals surface area contributed by atoms with Crippen molar-refractivity contribution >= 4 is 17.0 Å². The van der Waals surface area contributed by atoms with E-state index < -0.39 is 0 Å². The highest BCUT2D eigenvalue weighted by Crippen LogP contribution is 2.61. The predicted octanol–water partition coefficient (Wildman–Crippen LogP) is 4.06. The number of nitrogens with one attached hydrogen (secondary N) is 2. The van der Waals surface area contributed by atoms with Crippen LogP contribution in [0.5, 0.6) is 0 Å². The van der Waals surface area contributed by atoms with Crippen LogP contribution in [0.3, 0.4) is 0 Å². The minimum Gasteiger partial charge on any atom is -0.341 e. The second kappa shape index (κ2) is 6.36. The van der Waals surface area contributed by atoms with E-state index in [0.29, 0.717) is 11.8 Å². The summed E-state index contributed by atoms with van der Waals surface area (Å²) in [6.45, 7) is 0. The van der Waals surface area contributed by atoms with E-state index in [1.807, 2.05) is 12.3 Å². The lowest BCUT2D eigenvalue weighted by Gasteiger charge is -2.61. The Hall–Kier alpha value is -1.82. The molecule has 2 aromatic rings. The van der Waals surface area contributed by atoms with Gasteiger partial charge in [0.05, 0.1) is 0 Å². The topological polar surface area (TPSA) is 70.7 Å². The van der Waals surface area contributed by atoms with E-state index in [2.05, 4.69) is 39.8 Å². The number of amides is 1. The molecule has 27 heavy (non-hydrogen) atoms. The van der Waals surface area contributed by atoms with Gasteiger partial charge in [-0.15, -0.1) is 0 Å². The second-order valence-corrected chi connectivity index (χ2v) is 9.69. The highest BCUT2D eigenvalue weighted by atomic mass is 32.2. The average molecular weight is 383 g/mol. The van der Waals surface area contributed by atoms with E-state index in [4.69, 9.17) is 4.98 Å². The third-order valence-electron chi connectivity index (χ3n) is 6.83. The molecule has 1 aromatic heterocycles. The van der Waals surface area contributed by atoms with E-state index in [1.54, 1.807) is 0 Å². The number of aromatic nitrogens is 3. The Morgan fingerprint density at radius 1 is 1.22 bits per heavy atom. The standard InChI is InChI=1S/C21H26N4OS/c1-27-19(26)23-21-11-15-7-16(12-21)10-20(9-15,13-21)18-22-17(24-25-18)8-14-5-3-2-4-6-14/h2-6,15-16H,7-13H2,1H3,(H,23,26)(H,22,24,25). The van der Waals surface area contributed by atoms with Gasteiger partial charge in [-0.1, -0.05) is 42.1 Å². The Morgan fingerprint density at radius 2 is 1.96 bits per heavy atom. The van der Waals surface area contributed by atoms with Crippen molar-refractivity contribution in [2.75, 3.05) is 6.26 Å². The Kier molecular flexibility index (Phi) is 4.08. The van der Waals surface area contributed by atoms with Gasteiger partial charge >= 0.3 is 0 Å². The largest absolute Gasteiger partial charge is 0.341 e. The van der Waals surface area contributed by atoms with Crippen LogP contribution < -0.4 is 5.32 Å². The third kappa shape index (κ3) is 3.08. The van der Waals surface area contributed by atoms with Gasteiger partial charge in [0.15, 0.2) is 5.82 Å². The van der Waals surface area contributed by atoms with E-state index in [0.717, 1.165) is 37.3 Å². The lowest BCUT2D eigenvalue weighted by molar-refractivity contribution is -0.0371. The van der Waals surface area contributed by atoms with Gasteiger partial charge in [-0.25, -0.2) is 4.98 Å². The van der Waals surface area contributed by atoms with Gasteiger partial charge in [-0.3, -0.25) is 9.89 Å². The number of carbonyl (C=O) groups excluding carboxylic acids is 1. The molecule has 2 N–H and O–H groups in total. The number of hydrogen-bond acceptors (Lipinski definition) is 4. The molecule has 6 rings (SSSR count). The summed E-state index contributed by atoms with van der Waals surface area (Å²) in [5.74, 6) is 3.29. The number of aromatic amines is 1. The molecule has 142 valence electrons. The zero-order valence-corrected chi connectivity index (χ0v) is 16.5. The lowest BCUT2D eigenvalue weighted by Crippen LogP contribution is -2.64. The van der Waals surface area contributed by atoms with Crippen LogP contribution in [0.2, 0.25) is 0 Å². The molecule has 1 aromatic carbocycles. The van der Waals surface area contributed by atoms with E-state index in [9.17, 15) is 4.79 Å². The van der Waals surface area contributed by atoms with Gasteiger partial charge < -0.3 is 5.32 Å². The number of rotatable bonds is 4. The highest BCUT2D eigenvalue weighted by molar-refractivity contribution is 8.12. The van der Waals surface area contributed by atoms with Gasteiger partial charge in [-0.2, -0.15) is 5.10 Å². The number of benzene rings is 1. The zero-order chi connectivity index (χ0) is 18.5. The molecule has 2 unspecified atom stereocenters. The van der Waals surface area contributed by atoms with Gasteiger partial charge in [0.1, 0.15) is 5.82 Å². The Labute approximate surface area is 164 Å². The van der Waals surface area contributed by atoms with Crippen LogP contribution in [0.25, 0.3) is 0 Å². The van der Waals surface area contributed by atoms with Crippen molar-refractivity contribution in [2.45, 2.75) is 55.9 Å². The molecule has 0 aliphatic heterocycles. The van der Waals surface area contributed by atoms with Crippen molar-refractivity contribution in [2.24, 2.45) is 11.8 Å². The Morgan fingerprint density at radius 3 is 2.67 bits per heavy atom. The van der Waals surface area contributed by atoms with Gasteiger partial charge in [0, 0.05) is 17.4 Å². The molecule has 2 atom stereocenters. The Balaban J connectivity index is 1.42. The smallest absolute Gasteiger partial charge is 0.279 e. The maximum absolute atomic E-state index is 12.2. The summed E-state index contributed by atoms with van der Waals surface area (Å²) in [7, 11) is 0. The number of hydrogen-bond donors (Lipinski definition) is 2. The summed E-state index contributed by atoms with van der Waals surface area (Å²) in [5, 5.41) is 11.3. The molecule has 5 nitrogen and oxygen atoms in total. The summed E-state index contributed by atoms with van der Waals surface area (Å²) in [4.78, 5) is 17.1. The fourth-order valence-electron chi connectivity index (χ4n) is 6.34. The van der Waals surface area contributed by atoms with Crippen molar-refractivity contribution < 1.29 is 4.79 Å². The van der Waals surface area contributed by atoms with Crippen LogP contribution in [-0.2, 0) is 11.8 Å². The van der Waals surface area contributed by atoms with Crippen LogP contribution in [0.15, 0.2) is 30.3 Å². The summed E-state index contributed by atoms with van der Waals surface area (Å²) < 4.78 is 0. The van der Waals surface area contributed by atoms with Gasteiger partial charge in [-0.05, 0) is 62.2 Å². The highest BCUT2D eigenvalue weighted by Gasteiger charge is 2.60. The fourth-order valence-corrected chi connectivity index (χ4v) is 6.66. The third-order valence-corrected chi connectivity index (χ3v) is 7.31. The van der Waals surface area contributed by atoms with Crippen molar-refractivity contribution in [1.82, 2.24) is 20.5 Å². The van der Waals surface area contributed by atoms with Crippen molar-refractivity contribution in [3.05, 3.63) is 47.5 Å². The molecule has 4 aliphatic carbocycles. The Bertz CT molecular complexity index is 835. The summed E-state index contributed by atoms with van der Waals surface area (Å²) in [5.41, 5.74) is 1.22. The number of H-pyrrole nitrogens is 1. The average Bonchev–Trinajstić information content (AvgIpc) is 3.10. The van der Waals surface area contributed by atoms with Crippen molar-refractivity contribution in [3.63, 3.8) is 0 Å². The van der Waals surface area contributed by atoms with Crippen LogP contribution in [-0.4, -0.2) is 32.2 Å². The predicted molar refractivity (Wildman–Crippen MR) is 107 cm³/mol. The first kappa shape index (κ1) is 17.3. The molecule has 4 saturated carbocycles. The van der Waals surface area contributed by atoms with Gasteiger partial charge in [0.2, 0.25) is 0 Å². The first-order valence-corrected chi connectivity index (χ1v) is 11.1. The summed E-state index contributed by atoms with van der Waals surface area (Å²) in [6, 6.07) is 10.4. The minimum absolute atomic E-state index is 0.0290. The molecule has 0 saturated heterocycles. The van der Waals surface area contributed by atoms with E-state index in [1.165, 1.54) is 36.6 Å². The molecular formula is C21H26N4OS. The zero-order valence-electron chi connectivity index (χ0n) is 15.7. The van der Waals surface area contributed by atoms with Crippen LogP contribution >= 0.6 is 11.8 Å². The molecule has 4 fully saturated rings. The molecule has 4 bridgehead atoms. The van der Waals surface area contributed by atoms with Crippen LogP contribution in [0.4, 0.5) is 4.79 Å². The first-order valence-electron chi connectivity index (χ1n) is 9.90. The quantitative estimate of drug-likeness (QED) is 0.837. The maximum Gasteiger partial charge on any atom is 0.279 e. The van der Waals surface area contributed by atoms with Crippen LogP contribution in [0, 0.1) is 11.8 Å². The first-order chi connectivity index (χ1) is 13.1. The summed E-state index contributed by atoms with van der Waals surface area (Å²) >= 11 is 1.29. The lowest BCUT2D eigenvalue weighted by atomic mass is 9.46. The molecule has 1 heterocycles. The molecular weight excluding hydrogens is 356 g/mol. The molecule has 1 amide bonds. The fraction of sp³-hybridized carbons (Fsp3) is 0.571. The summed E-state index contributed by atoms with van der Waals surface area (Å²) in [6.07, 6.45) is 9.52. The number of thioether (sulfide) groups is 1. The normalized spacial score (nSPS) is 34.0. The second-order valence-electron chi connectivity index (χ2n) is 8.91. The van der Waals surface area contributed by atoms with Crippen molar-refractivity contribution in [1.29, 1.82) is 0 Å². The molecule has 0 radical (unpaired) electrons. The molecule has 0 spiro atoms. The number of nitrogens with zero attached hydrogens (tertiary/aromatic N) is 2. The minimum atomic E-state index is -0.0512.